The summed E-state index contributed by atoms with van der Waals surface area (Å²) in [6.45, 7) is 10.8. The Labute approximate surface area is 142 Å². The van der Waals surface area contributed by atoms with Crippen LogP contribution >= 0.6 is 0 Å². The normalized spacial score (nSPS) is 15.6. The van der Waals surface area contributed by atoms with Crippen molar-refractivity contribution in [2.75, 3.05) is 13.1 Å². The van der Waals surface area contributed by atoms with Gasteiger partial charge in [-0.3, -0.25) is 0 Å². The summed E-state index contributed by atoms with van der Waals surface area (Å²) in [5, 5.41) is 9.60. The number of H-pyrrole nitrogens is 1. The molecule has 1 amide bonds. The predicted octanol–water partition coefficient (Wildman–Crippen LogP) is 3.45. The first-order valence-corrected chi connectivity index (χ1v) is 8.48. The molecule has 2 aromatic heterocycles. The Balaban J connectivity index is 1.63. The molecule has 6 heteroatoms. The van der Waals surface area contributed by atoms with E-state index in [4.69, 9.17) is 4.74 Å². The molecule has 1 saturated heterocycles. The summed E-state index contributed by atoms with van der Waals surface area (Å²) in [5.41, 5.74) is 2.46. The highest BCUT2D eigenvalue weighted by Crippen LogP contribution is 2.29. The Hall–Kier alpha value is -2.11. The van der Waals surface area contributed by atoms with Gasteiger partial charge < -0.3 is 14.6 Å². The fourth-order valence-corrected chi connectivity index (χ4v) is 2.80. The Morgan fingerprint density at radius 1 is 1.38 bits per heavy atom. The van der Waals surface area contributed by atoms with E-state index < -0.39 is 5.60 Å². The number of aryl methyl sites for hydroxylation is 1. The molecule has 0 spiro atoms. The van der Waals surface area contributed by atoms with Crippen LogP contribution in [0, 0.1) is 6.92 Å². The molecule has 6 nitrogen and oxygen atoms in total. The van der Waals surface area contributed by atoms with Crippen LogP contribution in [0.25, 0.3) is 11.0 Å². The number of rotatable bonds is 4. The number of hydrogen-bond donors (Lipinski definition) is 1. The van der Waals surface area contributed by atoms with E-state index in [-0.39, 0.29) is 6.09 Å². The minimum absolute atomic E-state index is 0.245. The zero-order valence-electron chi connectivity index (χ0n) is 14.6. The Morgan fingerprint density at radius 2 is 2.12 bits per heavy atom. The number of hydrogen-bond acceptors (Lipinski definition) is 4. The largest absolute Gasteiger partial charge is 0.444 e. The summed E-state index contributed by atoms with van der Waals surface area (Å²) < 4.78 is 5.39. The minimum Gasteiger partial charge on any atom is -0.444 e. The van der Waals surface area contributed by atoms with Crippen molar-refractivity contribution >= 4 is 17.1 Å². The summed E-state index contributed by atoms with van der Waals surface area (Å²) in [4.78, 5) is 17.1. The molecule has 1 fully saturated rings. The summed E-state index contributed by atoms with van der Waals surface area (Å²) in [6.07, 6.45) is 2.58. The number of nitrogens with one attached hydrogen (secondary N) is 1. The molecule has 0 saturated carbocycles. The van der Waals surface area contributed by atoms with Gasteiger partial charge in [0.1, 0.15) is 5.60 Å². The molecular weight excluding hydrogens is 304 g/mol. The third-order valence-corrected chi connectivity index (χ3v) is 4.10. The van der Waals surface area contributed by atoms with E-state index in [9.17, 15) is 4.79 Å². The first kappa shape index (κ1) is 16.7. The van der Waals surface area contributed by atoms with E-state index in [0.717, 1.165) is 41.7 Å². The highest BCUT2D eigenvalue weighted by molar-refractivity contribution is 5.77. The van der Waals surface area contributed by atoms with Gasteiger partial charge in [0.2, 0.25) is 0 Å². The van der Waals surface area contributed by atoms with Crippen molar-refractivity contribution in [1.29, 1.82) is 0 Å². The van der Waals surface area contributed by atoms with Crippen molar-refractivity contribution in [3.05, 3.63) is 30.4 Å². The van der Waals surface area contributed by atoms with Gasteiger partial charge in [-0.1, -0.05) is 13.3 Å². The average molecular weight is 329 g/mol. The molecule has 3 rings (SSSR count). The van der Waals surface area contributed by atoms with Crippen LogP contribution in [0.5, 0.6) is 0 Å². The molecule has 3 heterocycles. The number of amides is 1. The van der Waals surface area contributed by atoms with Gasteiger partial charge in [-0.15, -0.1) is 5.10 Å². The van der Waals surface area contributed by atoms with Crippen LogP contribution in [0.1, 0.15) is 50.9 Å². The van der Waals surface area contributed by atoms with Crippen LogP contribution in [-0.2, 0) is 11.2 Å². The molecule has 2 aromatic rings. The molecule has 0 unspecified atom stereocenters. The number of unbranched alkanes of at least 4 members (excludes halogenated alkanes) is 1. The molecule has 0 atom stereocenters. The highest BCUT2D eigenvalue weighted by Gasteiger charge is 2.35. The lowest BCUT2D eigenvalue weighted by Gasteiger charge is -2.39. The first-order valence-electron chi connectivity index (χ1n) is 8.48. The van der Waals surface area contributed by atoms with Crippen LogP contribution in [0.2, 0.25) is 0 Å². The second-order valence-corrected chi connectivity index (χ2v) is 7.40. The Bertz CT molecular complexity index is 726. The molecule has 1 aliphatic rings. The minimum atomic E-state index is -0.455. The number of carbonyl (C=O) groups is 1. The molecule has 0 bridgehead atoms. The quantitative estimate of drug-likeness (QED) is 0.932. The van der Waals surface area contributed by atoms with Crippen molar-refractivity contribution in [3.8, 4) is 0 Å². The molecule has 0 aliphatic carbocycles. The predicted molar refractivity (Wildman–Crippen MR) is 92.7 cm³/mol. The van der Waals surface area contributed by atoms with Gasteiger partial charge in [0.15, 0.2) is 5.65 Å². The van der Waals surface area contributed by atoms with Gasteiger partial charge in [0.05, 0.1) is 5.69 Å². The smallest absolute Gasteiger partial charge is 0.410 e. The van der Waals surface area contributed by atoms with E-state index in [1.165, 1.54) is 0 Å². The third-order valence-electron chi connectivity index (χ3n) is 4.10. The molecule has 24 heavy (non-hydrogen) atoms. The summed E-state index contributed by atoms with van der Waals surface area (Å²) in [6, 6.07) is 4.21. The van der Waals surface area contributed by atoms with Gasteiger partial charge in [-0.25, -0.2) is 4.79 Å². The fourth-order valence-electron chi connectivity index (χ4n) is 2.80. The number of aromatic amines is 1. The summed E-state index contributed by atoms with van der Waals surface area (Å²) >= 11 is 0. The number of aromatic nitrogens is 3. The molecular formula is C18H25N4O2. The van der Waals surface area contributed by atoms with Crippen LogP contribution in [-0.4, -0.2) is 44.9 Å². The number of nitrogens with zero attached hydrogens (tertiary/aromatic N) is 3. The van der Waals surface area contributed by atoms with Crippen LogP contribution in [0.3, 0.4) is 0 Å². The number of fused-ring (bicyclic) bond motifs is 1. The summed E-state index contributed by atoms with van der Waals surface area (Å²) in [5.74, 6) is 0.301. The molecule has 129 valence electrons. The molecule has 1 N–H and O–H groups in total. The maximum absolute atomic E-state index is 12.0. The van der Waals surface area contributed by atoms with Gasteiger partial charge >= 0.3 is 6.09 Å². The topological polar surface area (TPSA) is 71.1 Å². The second kappa shape index (κ2) is 6.42. The number of carbonyl (C=O) groups excluding carboxylic acids is 1. The zero-order valence-corrected chi connectivity index (χ0v) is 14.6. The van der Waals surface area contributed by atoms with Crippen molar-refractivity contribution in [1.82, 2.24) is 20.1 Å². The van der Waals surface area contributed by atoms with Gasteiger partial charge in [0.25, 0.3) is 0 Å². The van der Waals surface area contributed by atoms with Crippen molar-refractivity contribution in [3.63, 3.8) is 0 Å². The van der Waals surface area contributed by atoms with Crippen LogP contribution in [0.15, 0.2) is 12.1 Å². The van der Waals surface area contributed by atoms with Crippen molar-refractivity contribution in [2.24, 2.45) is 0 Å². The van der Waals surface area contributed by atoms with Crippen LogP contribution < -0.4 is 0 Å². The fraction of sp³-hybridized carbons (Fsp3) is 0.556. The SMILES string of the molecule is [CH2]CCCc1cc2cc(C3CN(C(=O)OC(C)(C)C)C3)[nH]c2nn1. The lowest BCUT2D eigenvalue weighted by Crippen LogP contribution is -2.50. The lowest BCUT2D eigenvalue weighted by molar-refractivity contribution is 0.00793. The third kappa shape index (κ3) is 3.68. The molecule has 1 aliphatic heterocycles. The lowest BCUT2D eigenvalue weighted by atomic mass is 9.97. The number of likely N-dealkylation sites (tertiary alicyclic amines) is 1. The molecule has 0 aromatic carbocycles. The maximum Gasteiger partial charge on any atom is 0.410 e. The summed E-state index contributed by atoms with van der Waals surface area (Å²) in [7, 11) is 0. The Morgan fingerprint density at radius 3 is 2.79 bits per heavy atom. The molecule has 1 radical (unpaired) electrons. The monoisotopic (exact) mass is 329 g/mol. The first-order chi connectivity index (χ1) is 11.4. The van der Waals surface area contributed by atoms with Gasteiger partial charge in [-0.2, -0.15) is 5.10 Å². The highest BCUT2D eigenvalue weighted by atomic mass is 16.6. The van der Waals surface area contributed by atoms with Crippen LogP contribution in [0.4, 0.5) is 4.79 Å². The average Bonchev–Trinajstić information content (AvgIpc) is 2.83. The Kier molecular flexibility index (Phi) is 4.47. The zero-order chi connectivity index (χ0) is 17.3. The standard InChI is InChI=1S/C18H25N4O2/c1-5-6-7-14-8-12-9-15(19-16(12)21-20-14)13-10-22(11-13)17(23)24-18(2,3)4/h8-9,13H,1,5-7,10-11H2,2-4H3,(H,19,21). The van der Waals surface area contributed by atoms with E-state index in [0.29, 0.717) is 19.0 Å². The maximum atomic E-state index is 12.0. The van der Waals surface area contributed by atoms with E-state index >= 15 is 0 Å². The van der Waals surface area contributed by atoms with E-state index in [1.807, 2.05) is 20.8 Å². The van der Waals surface area contributed by atoms with Crippen molar-refractivity contribution < 1.29 is 9.53 Å². The van der Waals surface area contributed by atoms with Gasteiger partial charge in [0, 0.05) is 30.1 Å². The second-order valence-electron chi connectivity index (χ2n) is 7.40. The van der Waals surface area contributed by atoms with E-state index in [2.05, 4.69) is 34.2 Å². The van der Waals surface area contributed by atoms with Gasteiger partial charge in [-0.05, 0) is 45.7 Å². The number of ether oxygens (including phenoxy) is 1. The van der Waals surface area contributed by atoms with Crippen molar-refractivity contribution in [2.45, 2.75) is 51.6 Å². The van der Waals surface area contributed by atoms with E-state index in [1.54, 1.807) is 4.90 Å².